The van der Waals surface area contributed by atoms with Crippen LogP contribution in [0.2, 0.25) is 0 Å². The molecule has 90 valence electrons. The van der Waals surface area contributed by atoms with Crippen LogP contribution in [-0.4, -0.2) is 30.7 Å². The van der Waals surface area contributed by atoms with E-state index in [1.165, 1.54) is 19.3 Å². The average Bonchev–Trinajstić information content (AvgIpc) is 2.58. The summed E-state index contributed by atoms with van der Waals surface area (Å²) in [4.78, 5) is 0. The highest BCUT2D eigenvalue weighted by molar-refractivity contribution is 6.18. The Morgan fingerprint density at radius 3 is 2.67 bits per heavy atom. The van der Waals surface area contributed by atoms with Crippen molar-refractivity contribution in [3.63, 3.8) is 0 Å². The van der Waals surface area contributed by atoms with Gasteiger partial charge in [-0.1, -0.05) is 6.42 Å². The van der Waals surface area contributed by atoms with E-state index in [-0.39, 0.29) is 5.60 Å². The molecule has 1 aliphatic rings. The maximum absolute atomic E-state index is 5.92. The molecule has 1 rings (SSSR count). The van der Waals surface area contributed by atoms with E-state index in [2.05, 4.69) is 26.1 Å². The molecule has 1 aliphatic carbocycles. The van der Waals surface area contributed by atoms with E-state index in [4.69, 9.17) is 16.3 Å². The Bertz CT molecular complexity index is 179. The van der Waals surface area contributed by atoms with Crippen LogP contribution >= 0.6 is 11.6 Å². The van der Waals surface area contributed by atoms with Crippen molar-refractivity contribution in [2.24, 2.45) is 5.92 Å². The van der Waals surface area contributed by atoms with Gasteiger partial charge in [-0.15, -0.1) is 11.6 Å². The molecule has 1 fully saturated rings. The molecule has 15 heavy (non-hydrogen) atoms. The third-order valence-electron chi connectivity index (χ3n) is 2.90. The summed E-state index contributed by atoms with van der Waals surface area (Å²) >= 11 is 5.92. The predicted octanol–water partition coefficient (Wildman–Crippen LogP) is 2.80. The van der Waals surface area contributed by atoms with Crippen molar-refractivity contribution < 1.29 is 4.74 Å². The highest BCUT2D eigenvalue weighted by Crippen LogP contribution is 2.26. The molecule has 0 saturated heterocycles. The lowest BCUT2D eigenvalue weighted by molar-refractivity contribution is -0.00188. The van der Waals surface area contributed by atoms with Gasteiger partial charge >= 0.3 is 0 Å². The standard InChI is InChI=1S/C12H24ClNO/c1-12(2,3)15-8-7-14-11-6-4-5-10(11)9-13/h10-11,14H,4-9H2,1-3H3. The molecular formula is C12H24ClNO. The Labute approximate surface area is 98.7 Å². The number of hydrogen-bond donors (Lipinski definition) is 1. The lowest BCUT2D eigenvalue weighted by atomic mass is 10.1. The average molecular weight is 234 g/mol. The van der Waals surface area contributed by atoms with Crippen LogP contribution in [0.3, 0.4) is 0 Å². The van der Waals surface area contributed by atoms with Crippen molar-refractivity contribution in [2.45, 2.75) is 51.7 Å². The summed E-state index contributed by atoms with van der Waals surface area (Å²) in [7, 11) is 0. The molecule has 0 aromatic carbocycles. The van der Waals surface area contributed by atoms with Gasteiger partial charge in [0.05, 0.1) is 12.2 Å². The molecule has 0 aliphatic heterocycles. The van der Waals surface area contributed by atoms with E-state index in [1.54, 1.807) is 0 Å². The summed E-state index contributed by atoms with van der Waals surface area (Å²) in [6.45, 7) is 7.99. The molecule has 0 bridgehead atoms. The molecule has 0 amide bonds. The first-order chi connectivity index (χ1) is 7.03. The minimum atomic E-state index is -0.0246. The first kappa shape index (κ1) is 13.3. The second-order valence-electron chi connectivity index (χ2n) is 5.37. The van der Waals surface area contributed by atoms with E-state index in [0.717, 1.165) is 19.0 Å². The molecule has 0 spiro atoms. The molecule has 0 aromatic rings. The Hall–Kier alpha value is 0.210. The highest BCUT2D eigenvalue weighted by atomic mass is 35.5. The summed E-state index contributed by atoms with van der Waals surface area (Å²) < 4.78 is 5.66. The van der Waals surface area contributed by atoms with Crippen molar-refractivity contribution in [1.29, 1.82) is 0 Å². The van der Waals surface area contributed by atoms with Crippen LogP contribution in [0.1, 0.15) is 40.0 Å². The quantitative estimate of drug-likeness (QED) is 0.583. The molecule has 2 atom stereocenters. The van der Waals surface area contributed by atoms with Gasteiger partial charge in [-0.3, -0.25) is 0 Å². The second kappa shape index (κ2) is 6.07. The minimum Gasteiger partial charge on any atom is -0.375 e. The van der Waals surface area contributed by atoms with Gasteiger partial charge in [0.25, 0.3) is 0 Å². The van der Waals surface area contributed by atoms with Crippen molar-refractivity contribution in [3.8, 4) is 0 Å². The van der Waals surface area contributed by atoms with Crippen LogP contribution in [0.5, 0.6) is 0 Å². The molecule has 2 nitrogen and oxygen atoms in total. The Kier molecular flexibility index (Phi) is 5.37. The zero-order valence-corrected chi connectivity index (χ0v) is 10.9. The largest absolute Gasteiger partial charge is 0.375 e. The van der Waals surface area contributed by atoms with E-state index in [0.29, 0.717) is 12.0 Å². The SMILES string of the molecule is CC(C)(C)OCCNC1CCCC1CCl. The summed E-state index contributed by atoms with van der Waals surface area (Å²) in [5, 5.41) is 3.55. The molecule has 1 saturated carbocycles. The summed E-state index contributed by atoms with van der Waals surface area (Å²) in [5.41, 5.74) is -0.0246. The minimum absolute atomic E-state index is 0.0246. The molecule has 1 N–H and O–H groups in total. The Balaban J connectivity index is 2.09. The highest BCUT2D eigenvalue weighted by Gasteiger charge is 2.25. The van der Waals surface area contributed by atoms with Crippen LogP contribution in [0.25, 0.3) is 0 Å². The van der Waals surface area contributed by atoms with E-state index in [1.807, 2.05) is 0 Å². The number of halogens is 1. The maximum Gasteiger partial charge on any atom is 0.0599 e. The fourth-order valence-corrected chi connectivity index (χ4v) is 2.46. The maximum atomic E-state index is 5.92. The van der Waals surface area contributed by atoms with Gasteiger partial charge < -0.3 is 10.1 Å². The van der Waals surface area contributed by atoms with E-state index >= 15 is 0 Å². The fourth-order valence-electron chi connectivity index (χ4n) is 2.09. The lowest BCUT2D eigenvalue weighted by Crippen LogP contribution is -2.36. The molecule has 0 aromatic heterocycles. The van der Waals surface area contributed by atoms with Gasteiger partial charge in [0.2, 0.25) is 0 Å². The molecule has 0 heterocycles. The number of nitrogens with one attached hydrogen (secondary N) is 1. The first-order valence-electron chi connectivity index (χ1n) is 5.96. The van der Waals surface area contributed by atoms with Gasteiger partial charge in [0, 0.05) is 18.5 Å². The molecule has 2 unspecified atom stereocenters. The number of hydrogen-bond acceptors (Lipinski definition) is 2. The van der Waals surface area contributed by atoms with Gasteiger partial charge in [0.1, 0.15) is 0 Å². The summed E-state index contributed by atoms with van der Waals surface area (Å²) in [6.07, 6.45) is 3.86. The fraction of sp³-hybridized carbons (Fsp3) is 1.00. The van der Waals surface area contributed by atoms with Crippen molar-refractivity contribution in [3.05, 3.63) is 0 Å². The van der Waals surface area contributed by atoms with E-state index < -0.39 is 0 Å². The predicted molar refractivity (Wildman–Crippen MR) is 65.6 cm³/mol. The third kappa shape index (κ3) is 5.19. The van der Waals surface area contributed by atoms with Crippen molar-refractivity contribution in [1.82, 2.24) is 5.32 Å². The van der Waals surface area contributed by atoms with Gasteiger partial charge in [-0.25, -0.2) is 0 Å². The van der Waals surface area contributed by atoms with Gasteiger partial charge in [0.15, 0.2) is 0 Å². The van der Waals surface area contributed by atoms with Gasteiger partial charge in [-0.05, 0) is 39.5 Å². The van der Waals surface area contributed by atoms with Crippen molar-refractivity contribution in [2.75, 3.05) is 19.0 Å². The van der Waals surface area contributed by atoms with Gasteiger partial charge in [-0.2, -0.15) is 0 Å². The third-order valence-corrected chi connectivity index (χ3v) is 3.30. The monoisotopic (exact) mass is 233 g/mol. The smallest absolute Gasteiger partial charge is 0.0599 e. The van der Waals surface area contributed by atoms with Crippen LogP contribution in [0, 0.1) is 5.92 Å². The van der Waals surface area contributed by atoms with E-state index in [9.17, 15) is 0 Å². The Morgan fingerprint density at radius 1 is 1.33 bits per heavy atom. The summed E-state index contributed by atoms with van der Waals surface area (Å²) in [5.74, 6) is 1.46. The number of alkyl halides is 1. The van der Waals surface area contributed by atoms with Crippen molar-refractivity contribution >= 4 is 11.6 Å². The molecule has 0 radical (unpaired) electrons. The van der Waals surface area contributed by atoms with Crippen LogP contribution in [-0.2, 0) is 4.74 Å². The number of ether oxygens (including phenoxy) is 1. The molecular weight excluding hydrogens is 210 g/mol. The topological polar surface area (TPSA) is 21.3 Å². The molecule has 3 heteroatoms. The normalized spacial score (nSPS) is 27.2. The Morgan fingerprint density at radius 2 is 2.07 bits per heavy atom. The summed E-state index contributed by atoms with van der Waals surface area (Å²) in [6, 6.07) is 0.617. The van der Waals surface area contributed by atoms with Crippen LogP contribution in [0.15, 0.2) is 0 Å². The number of rotatable bonds is 5. The second-order valence-corrected chi connectivity index (χ2v) is 5.68. The van der Waals surface area contributed by atoms with Crippen LogP contribution in [0.4, 0.5) is 0 Å². The van der Waals surface area contributed by atoms with Crippen LogP contribution < -0.4 is 5.32 Å². The first-order valence-corrected chi connectivity index (χ1v) is 6.49. The lowest BCUT2D eigenvalue weighted by Gasteiger charge is -2.22. The zero-order chi connectivity index (χ0) is 11.3. The zero-order valence-electron chi connectivity index (χ0n) is 10.2.